The molecule has 0 amide bonds. The molecule has 1 aromatic rings. The first kappa shape index (κ1) is 11.8. The van der Waals surface area contributed by atoms with Crippen LogP contribution in [-0.4, -0.2) is 26.3 Å². The third kappa shape index (κ3) is 2.43. The zero-order valence-electron chi connectivity index (χ0n) is 10.4. The maximum Gasteiger partial charge on any atom is 0.197 e. The quantitative estimate of drug-likeness (QED) is 0.873. The monoisotopic (exact) mass is 251 g/mol. The molecule has 0 aliphatic carbocycles. The van der Waals surface area contributed by atoms with E-state index in [9.17, 15) is 4.39 Å². The lowest BCUT2D eigenvalue weighted by Crippen LogP contribution is -2.30. The third-order valence-electron chi connectivity index (χ3n) is 3.58. The molecule has 2 aliphatic rings. The summed E-state index contributed by atoms with van der Waals surface area (Å²) >= 11 is 0. The summed E-state index contributed by atoms with van der Waals surface area (Å²) in [6.45, 7) is 3.05. The number of benzene rings is 1. The Balaban J connectivity index is 1.77. The minimum Gasteiger partial charge on any atom is -0.486 e. The van der Waals surface area contributed by atoms with Gasteiger partial charge < -0.3 is 14.8 Å². The second-order valence-electron chi connectivity index (χ2n) is 5.02. The largest absolute Gasteiger partial charge is 0.486 e. The number of fused-ring (bicyclic) bond motifs is 1. The zero-order valence-corrected chi connectivity index (χ0v) is 10.4. The van der Waals surface area contributed by atoms with Gasteiger partial charge in [-0.1, -0.05) is 0 Å². The van der Waals surface area contributed by atoms with Crippen molar-refractivity contribution in [3.05, 3.63) is 23.5 Å². The molecule has 0 aromatic heterocycles. The van der Waals surface area contributed by atoms with Gasteiger partial charge in [0.2, 0.25) is 0 Å². The van der Waals surface area contributed by atoms with E-state index in [-0.39, 0.29) is 11.6 Å². The van der Waals surface area contributed by atoms with E-state index in [4.69, 9.17) is 9.47 Å². The van der Waals surface area contributed by atoms with Gasteiger partial charge in [0.05, 0.1) is 0 Å². The smallest absolute Gasteiger partial charge is 0.197 e. The number of rotatable bonds is 2. The Morgan fingerprint density at radius 2 is 2.17 bits per heavy atom. The van der Waals surface area contributed by atoms with Gasteiger partial charge >= 0.3 is 0 Å². The first-order valence-electron chi connectivity index (χ1n) is 6.61. The lowest BCUT2D eigenvalue weighted by molar-refractivity contribution is 0.164. The van der Waals surface area contributed by atoms with Gasteiger partial charge in [-0.25, -0.2) is 4.39 Å². The molecule has 0 saturated carbocycles. The van der Waals surface area contributed by atoms with Gasteiger partial charge in [0.25, 0.3) is 0 Å². The van der Waals surface area contributed by atoms with Gasteiger partial charge in [-0.05, 0) is 56.0 Å². The second-order valence-corrected chi connectivity index (χ2v) is 5.02. The van der Waals surface area contributed by atoms with Crippen molar-refractivity contribution in [1.82, 2.24) is 5.32 Å². The maximum atomic E-state index is 13.9. The third-order valence-corrected chi connectivity index (χ3v) is 3.58. The molecule has 1 N–H and O–H groups in total. The van der Waals surface area contributed by atoms with Crippen molar-refractivity contribution < 1.29 is 13.9 Å². The van der Waals surface area contributed by atoms with E-state index in [2.05, 4.69) is 5.32 Å². The average Bonchev–Trinajstić information content (AvgIpc) is 2.40. The van der Waals surface area contributed by atoms with Crippen LogP contribution in [-0.2, 0) is 6.42 Å². The molecule has 18 heavy (non-hydrogen) atoms. The first-order valence-corrected chi connectivity index (χ1v) is 6.61. The van der Waals surface area contributed by atoms with Crippen LogP contribution >= 0.6 is 0 Å². The highest BCUT2D eigenvalue weighted by molar-refractivity contribution is 5.45. The molecule has 0 radical (unpaired) electrons. The van der Waals surface area contributed by atoms with Crippen LogP contribution < -0.4 is 14.8 Å². The topological polar surface area (TPSA) is 30.5 Å². The molecule has 2 heterocycles. The molecular weight excluding hydrogens is 233 g/mol. The lowest BCUT2D eigenvalue weighted by Gasteiger charge is -2.24. The van der Waals surface area contributed by atoms with E-state index in [1.54, 1.807) is 6.07 Å². The Morgan fingerprint density at radius 1 is 1.28 bits per heavy atom. The Hall–Kier alpha value is -1.29. The highest BCUT2D eigenvalue weighted by Gasteiger charge is 2.20. The van der Waals surface area contributed by atoms with Crippen molar-refractivity contribution in [3.8, 4) is 11.5 Å². The summed E-state index contributed by atoms with van der Waals surface area (Å²) in [4.78, 5) is 0. The first-order chi connectivity index (χ1) is 8.83. The van der Waals surface area contributed by atoms with Gasteiger partial charge in [-0.3, -0.25) is 0 Å². The minimum atomic E-state index is -0.300. The summed E-state index contributed by atoms with van der Waals surface area (Å²) in [6.07, 6.45) is 3.32. The van der Waals surface area contributed by atoms with Crippen LogP contribution in [0.5, 0.6) is 11.5 Å². The fraction of sp³-hybridized carbons (Fsp3) is 0.571. The fourth-order valence-corrected chi connectivity index (χ4v) is 2.71. The van der Waals surface area contributed by atoms with Gasteiger partial charge in [0, 0.05) is 0 Å². The Bertz CT molecular complexity index is 430. The van der Waals surface area contributed by atoms with E-state index < -0.39 is 0 Å². The van der Waals surface area contributed by atoms with Gasteiger partial charge in [-0.2, -0.15) is 0 Å². The summed E-state index contributed by atoms with van der Waals surface area (Å²) in [5.41, 5.74) is 1.01. The number of nitrogens with one attached hydrogen (secondary N) is 1. The van der Waals surface area contributed by atoms with Crippen molar-refractivity contribution in [3.63, 3.8) is 0 Å². The van der Waals surface area contributed by atoms with Crippen molar-refractivity contribution >= 4 is 0 Å². The molecule has 3 rings (SSSR count). The molecule has 3 nitrogen and oxygen atoms in total. The van der Waals surface area contributed by atoms with Gasteiger partial charge in [0.1, 0.15) is 13.2 Å². The Kier molecular flexibility index (Phi) is 3.37. The van der Waals surface area contributed by atoms with Crippen LogP contribution in [0.15, 0.2) is 12.1 Å². The number of hydrogen-bond donors (Lipinski definition) is 1. The summed E-state index contributed by atoms with van der Waals surface area (Å²) in [5.74, 6) is 1.12. The van der Waals surface area contributed by atoms with E-state index in [1.807, 2.05) is 6.07 Å². The van der Waals surface area contributed by atoms with Gasteiger partial charge in [0.15, 0.2) is 17.3 Å². The molecule has 1 aromatic carbocycles. The maximum absolute atomic E-state index is 13.9. The van der Waals surface area contributed by atoms with Crippen molar-refractivity contribution in [2.24, 2.45) is 5.92 Å². The van der Waals surface area contributed by atoms with E-state index in [1.165, 1.54) is 12.8 Å². The molecule has 4 heteroatoms. The van der Waals surface area contributed by atoms with Crippen molar-refractivity contribution in [1.29, 1.82) is 0 Å². The molecule has 0 bridgehead atoms. The van der Waals surface area contributed by atoms with Gasteiger partial charge in [-0.15, -0.1) is 0 Å². The normalized spacial score (nSPS) is 22.8. The van der Waals surface area contributed by atoms with Crippen LogP contribution in [0.3, 0.4) is 0 Å². The molecule has 2 aliphatic heterocycles. The molecule has 1 fully saturated rings. The molecule has 1 saturated heterocycles. The van der Waals surface area contributed by atoms with Crippen LogP contribution in [0.2, 0.25) is 0 Å². The predicted octanol–water partition coefficient (Wildman–Crippen LogP) is 2.14. The molecule has 0 spiro atoms. The minimum absolute atomic E-state index is 0.270. The lowest BCUT2D eigenvalue weighted by atomic mass is 9.92. The average molecular weight is 251 g/mol. The molecule has 1 atom stereocenters. The number of piperidine rings is 1. The predicted molar refractivity (Wildman–Crippen MR) is 66.7 cm³/mol. The van der Waals surface area contributed by atoms with Crippen LogP contribution in [0.1, 0.15) is 18.4 Å². The standard InChI is InChI=1S/C14H18FNO2/c15-12-7-11(6-10-2-1-3-16-9-10)8-13-14(12)18-5-4-17-13/h7-8,10,16H,1-6,9H2. The number of ether oxygens (including phenoxy) is 2. The van der Waals surface area contributed by atoms with Crippen molar-refractivity contribution in [2.45, 2.75) is 19.3 Å². The number of halogens is 1. The summed E-state index contributed by atoms with van der Waals surface area (Å²) in [7, 11) is 0. The summed E-state index contributed by atoms with van der Waals surface area (Å²) in [5, 5.41) is 3.38. The Morgan fingerprint density at radius 3 is 3.00 bits per heavy atom. The van der Waals surface area contributed by atoms with Crippen LogP contribution in [0.4, 0.5) is 4.39 Å². The fourth-order valence-electron chi connectivity index (χ4n) is 2.71. The zero-order chi connectivity index (χ0) is 12.4. The molecular formula is C14H18FNO2. The summed E-state index contributed by atoms with van der Waals surface area (Å²) in [6, 6.07) is 3.51. The van der Waals surface area contributed by atoms with Crippen molar-refractivity contribution in [2.75, 3.05) is 26.3 Å². The second kappa shape index (κ2) is 5.14. The van der Waals surface area contributed by atoms with E-state index >= 15 is 0 Å². The summed E-state index contributed by atoms with van der Waals surface area (Å²) < 4.78 is 24.6. The molecule has 98 valence electrons. The van der Waals surface area contributed by atoms with E-state index in [0.717, 1.165) is 25.1 Å². The van der Waals surface area contributed by atoms with Crippen LogP contribution in [0.25, 0.3) is 0 Å². The number of hydrogen-bond acceptors (Lipinski definition) is 3. The van der Waals surface area contributed by atoms with Crippen LogP contribution in [0, 0.1) is 11.7 Å². The Labute approximate surface area is 106 Å². The highest BCUT2D eigenvalue weighted by Crippen LogP contribution is 2.35. The van der Waals surface area contributed by atoms with E-state index in [0.29, 0.717) is 24.9 Å². The highest BCUT2D eigenvalue weighted by atomic mass is 19.1. The SMILES string of the molecule is Fc1cc(CC2CCCNC2)cc2c1OCCO2. The molecule has 1 unspecified atom stereocenters.